The number of carbonyl (C=O) groups excluding carboxylic acids is 1. The van der Waals surface area contributed by atoms with E-state index < -0.39 is 5.91 Å². The van der Waals surface area contributed by atoms with E-state index in [0.29, 0.717) is 15.3 Å². The van der Waals surface area contributed by atoms with Gasteiger partial charge in [-0.2, -0.15) is 0 Å². The fourth-order valence-corrected chi connectivity index (χ4v) is 1.98. The number of phenols is 1. The van der Waals surface area contributed by atoms with Crippen molar-refractivity contribution in [1.29, 1.82) is 0 Å². The molecule has 0 saturated carbocycles. The first-order valence-corrected chi connectivity index (χ1v) is 6.56. The molecule has 2 aromatic rings. The van der Waals surface area contributed by atoms with Crippen molar-refractivity contribution in [2.24, 2.45) is 0 Å². The van der Waals surface area contributed by atoms with Gasteiger partial charge in [-0.3, -0.25) is 4.79 Å². The molecule has 0 bridgehead atoms. The highest BCUT2D eigenvalue weighted by Crippen LogP contribution is 2.23. The molecule has 4 nitrogen and oxygen atoms in total. The van der Waals surface area contributed by atoms with E-state index in [0.717, 1.165) is 5.56 Å². The van der Waals surface area contributed by atoms with Crippen molar-refractivity contribution in [3.05, 3.63) is 51.2 Å². The molecule has 0 unspecified atom stereocenters. The topological polar surface area (TPSA) is 62.2 Å². The Morgan fingerprint density at radius 2 is 2.16 bits per heavy atom. The normalized spacial score (nSPS) is 10.3. The Kier molecular flexibility index (Phi) is 4.07. The van der Waals surface area contributed by atoms with Crippen molar-refractivity contribution in [1.82, 2.24) is 4.98 Å². The molecule has 0 aliphatic rings. The first-order valence-electron chi connectivity index (χ1n) is 5.39. The van der Waals surface area contributed by atoms with Crippen LogP contribution in [0.5, 0.6) is 5.75 Å². The summed E-state index contributed by atoms with van der Waals surface area (Å²) in [4.78, 5) is 16.0. The van der Waals surface area contributed by atoms with E-state index in [2.05, 4.69) is 26.2 Å². The number of halogens is 2. The summed E-state index contributed by atoms with van der Waals surface area (Å²) in [6.45, 7) is 1.79. The van der Waals surface area contributed by atoms with Gasteiger partial charge in [-0.1, -0.05) is 27.5 Å². The van der Waals surface area contributed by atoms with Crippen molar-refractivity contribution in [2.45, 2.75) is 6.92 Å². The Labute approximate surface area is 123 Å². The molecule has 1 aromatic carbocycles. The number of hydrogen-bond acceptors (Lipinski definition) is 3. The van der Waals surface area contributed by atoms with Gasteiger partial charge in [-0.15, -0.1) is 0 Å². The van der Waals surface area contributed by atoms with E-state index in [-0.39, 0.29) is 11.3 Å². The molecular weight excluding hydrogens is 332 g/mol. The predicted octanol–water partition coefficient (Wildman–Crippen LogP) is 3.76. The lowest BCUT2D eigenvalue weighted by molar-refractivity contribution is 0.102. The standard InChI is InChI=1S/C13H10BrClN2O2/c1-7-4-9(6-16-12(7)15)17-13(19)10-5-8(14)2-3-11(10)18/h2-6,18H,1H3,(H,17,19). The number of nitrogens with one attached hydrogen (secondary N) is 1. The fourth-order valence-electron chi connectivity index (χ4n) is 1.52. The third-order valence-corrected chi connectivity index (χ3v) is 3.36. The van der Waals surface area contributed by atoms with Crippen LogP contribution in [0.4, 0.5) is 5.69 Å². The van der Waals surface area contributed by atoms with E-state index in [4.69, 9.17) is 11.6 Å². The van der Waals surface area contributed by atoms with Crippen LogP contribution < -0.4 is 5.32 Å². The molecule has 19 heavy (non-hydrogen) atoms. The predicted molar refractivity (Wildman–Crippen MR) is 77.7 cm³/mol. The lowest BCUT2D eigenvalue weighted by Gasteiger charge is -2.08. The van der Waals surface area contributed by atoms with Gasteiger partial charge in [0.15, 0.2) is 0 Å². The van der Waals surface area contributed by atoms with Crippen LogP contribution in [-0.4, -0.2) is 16.0 Å². The van der Waals surface area contributed by atoms with Gasteiger partial charge in [-0.05, 0) is 36.8 Å². The lowest BCUT2D eigenvalue weighted by Crippen LogP contribution is -2.12. The largest absolute Gasteiger partial charge is 0.507 e. The molecule has 0 fully saturated rings. The molecule has 0 aliphatic heterocycles. The minimum Gasteiger partial charge on any atom is -0.507 e. The molecular formula is C13H10BrClN2O2. The number of aromatic nitrogens is 1. The summed E-state index contributed by atoms with van der Waals surface area (Å²) in [6, 6.07) is 6.35. The highest BCUT2D eigenvalue weighted by Gasteiger charge is 2.12. The van der Waals surface area contributed by atoms with Crippen molar-refractivity contribution in [2.75, 3.05) is 5.32 Å². The number of aryl methyl sites for hydroxylation is 1. The first-order chi connectivity index (χ1) is 8.97. The number of aromatic hydroxyl groups is 1. The van der Waals surface area contributed by atoms with Crippen molar-refractivity contribution >= 4 is 39.1 Å². The molecule has 0 atom stereocenters. The van der Waals surface area contributed by atoms with E-state index in [9.17, 15) is 9.90 Å². The van der Waals surface area contributed by atoms with Crippen molar-refractivity contribution < 1.29 is 9.90 Å². The van der Waals surface area contributed by atoms with Gasteiger partial charge in [0.25, 0.3) is 5.91 Å². The number of rotatable bonds is 2. The van der Waals surface area contributed by atoms with Gasteiger partial charge in [0.1, 0.15) is 10.9 Å². The van der Waals surface area contributed by atoms with Crippen LogP contribution in [0.15, 0.2) is 34.9 Å². The maximum atomic E-state index is 12.0. The van der Waals surface area contributed by atoms with Crippen molar-refractivity contribution in [3.8, 4) is 5.75 Å². The second kappa shape index (κ2) is 5.59. The molecule has 2 rings (SSSR count). The van der Waals surface area contributed by atoms with Gasteiger partial charge >= 0.3 is 0 Å². The van der Waals surface area contributed by atoms with Gasteiger partial charge in [0.05, 0.1) is 17.4 Å². The number of anilines is 1. The average molecular weight is 342 g/mol. The van der Waals surface area contributed by atoms with E-state index in [1.165, 1.54) is 12.3 Å². The highest BCUT2D eigenvalue weighted by atomic mass is 79.9. The monoisotopic (exact) mass is 340 g/mol. The maximum Gasteiger partial charge on any atom is 0.259 e. The van der Waals surface area contributed by atoms with E-state index in [1.807, 2.05) is 0 Å². The molecule has 0 radical (unpaired) electrons. The number of benzene rings is 1. The molecule has 0 saturated heterocycles. The quantitative estimate of drug-likeness (QED) is 0.818. The number of hydrogen-bond donors (Lipinski definition) is 2. The van der Waals surface area contributed by atoms with Crippen LogP contribution in [0.3, 0.4) is 0 Å². The van der Waals surface area contributed by atoms with Crippen LogP contribution in [0.25, 0.3) is 0 Å². The number of amides is 1. The summed E-state index contributed by atoms with van der Waals surface area (Å²) in [6.07, 6.45) is 1.46. The Morgan fingerprint density at radius 3 is 2.84 bits per heavy atom. The van der Waals surface area contributed by atoms with Gasteiger partial charge in [-0.25, -0.2) is 4.98 Å². The van der Waals surface area contributed by atoms with Crippen LogP contribution in [0.1, 0.15) is 15.9 Å². The van der Waals surface area contributed by atoms with Gasteiger partial charge < -0.3 is 10.4 Å². The SMILES string of the molecule is Cc1cc(NC(=O)c2cc(Br)ccc2O)cnc1Cl. The zero-order chi connectivity index (χ0) is 14.0. The minimum atomic E-state index is -0.415. The Balaban J connectivity index is 2.25. The second-order valence-electron chi connectivity index (χ2n) is 3.95. The molecule has 1 amide bonds. The van der Waals surface area contributed by atoms with Gasteiger partial charge in [0.2, 0.25) is 0 Å². The second-order valence-corrected chi connectivity index (χ2v) is 5.22. The maximum absolute atomic E-state index is 12.0. The molecule has 0 spiro atoms. The number of nitrogens with zero attached hydrogens (tertiary/aromatic N) is 1. The Hall–Kier alpha value is -1.59. The average Bonchev–Trinajstić information content (AvgIpc) is 2.36. The summed E-state index contributed by atoms with van der Waals surface area (Å²) in [5.41, 5.74) is 1.46. The summed E-state index contributed by atoms with van der Waals surface area (Å²) < 4.78 is 0.709. The number of phenolic OH excluding ortho intramolecular Hbond substituents is 1. The van der Waals surface area contributed by atoms with Gasteiger partial charge in [0, 0.05) is 4.47 Å². The fraction of sp³-hybridized carbons (Fsp3) is 0.0769. The Morgan fingerprint density at radius 1 is 1.42 bits per heavy atom. The number of carbonyl (C=O) groups is 1. The van der Waals surface area contributed by atoms with E-state index >= 15 is 0 Å². The smallest absolute Gasteiger partial charge is 0.259 e. The molecule has 6 heteroatoms. The molecule has 2 N–H and O–H groups in total. The molecule has 98 valence electrons. The molecule has 0 aliphatic carbocycles. The number of pyridine rings is 1. The van der Waals surface area contributed by atoms with Crippen LogP contribution in [0, 0.1) is 6.92 Å². The third kappa shape index (κ3) is 3.24. The van der Waals surface area contributed by atoms with Crippen LogP contribution >= 0.6 is 27.5 Å². The molecule has 1 aromatic heterocycles. The first kappa shape index (κ1) is 13.8. The summed E-state index contributed by atoms with van der Waals surface area (Å²) >= 11 is 9.06. The Bertz CT molecular complexity index is 647. The zero-order valence-electron chi connectivity index (χ0n) is 9.95. The van der Waals surface area contributed by atoms with Crippen molar-refractivity contribution in [3.63, 3.8) is 0 Å². The highest BCUT2D eigenvalue weighted by molar-refractivity contribution is 9.10. The van der Waals surface area contributed by atoms with Crippen LogP contribution in [-0.2, 0) is 0 Å². The summed E-state index contributed by atoms with van der Waals surface area (Å²) in [5.74, 6) is -0.498. The zero-order valence-corrected chi connectivity index (χ0v) is 12.3. The summed E-state index contributed by atoms with van der Waals surface area (Å²) in [5, 5.41) is 12.7. The van der Waals surface area contributed by atoms with Crippen LogP contribution in [0.2, 0.25) is 5.15 Å². The lowest BCUT2D eigenvalue weighted by atomic mass is 10.2. The minimum absolute atomic E-state index is 0.0839. The van der Waals surface area contributed by atoms with E-state index in [1.54, 1.807) is 25.1 Å². The summed E-state index contributed by atoms with van der Waals surface area (Å²) in [7, 11) is 0. The third-order valence-electron chi connectivity index (χ3n) is 2.48. The molecule has 1 heterocycles.